The number of phenolic OH excluding ortho intramolecular Hbond substituents is 1. The number of phenols is 1. The Balaban J connectivity index is 2.19. The van der Waals surface area contributed by atoms with Crippen LogP contribution >= 0.6 is 0 Å². The predicted molar refractivity (Wildman–Crippen MR) is 75.7 cm³/mol. The molecule has 6 nitrogen and oxygen atoms in total. The van der Waals surface area contributed by atoms with E-state index in [-0.39, 0.29) is 16.3 Å². The smallest absolute Gasteiger partial charge is 0.240 e. The van der Waals surface area contributed by atoms with E-state index in [1.165, 1.54) is 18.2 Å². The summed E-state index contributed by atoms with van der Waals surface area (Å²) in [5.41, 5.74) is 5.52. The van der Waals surface area contributed by atoms with Crippen LogP contribution in [0.3, 0.4) is 0 Å². The Morgan fingerprint density at radius 1 is 1.20 bits per heavy atom. The molecule has 0 spiro atoms. The number of rotatable bonds is 3. The molecular weight excluding hydrogens is 280 g/mol. The fraction of sp³-hybridized carbons (Fsp3) is 0.538. The minimum absolute atomic E-state index is 0.00860. The molecule has 0 aromatic heterocycles. The van der Waals surface area contributed by atoms with Gasteiger partial charge in [0.25, 0.3) is 0 Å². The first kappa shape index (κ1) is 15.1. The zero-order valence-corrected chi connectivity index (χ0v) is 11.9. The summed E-state index contributed by atoms with van der Waals surface area (Å²) in [7, 11) is -3.75. The molecule has 0 heterocycles. The van der Waals surface area contributed by atoms with Crippen LogP contribution in [0.2, 0.25) is 0 Å². The number of anilines is 1. The fourth-order valence-corrected chi connectivity index (χ4v) is 3.73. The number of nitrogen functional groups attached to an aromatic ring is 1. The molecule has 1 aliphatic carbocycles. The van der Waals surface area contributed by atoms with Gasteiger partial charge in [0.1, 0.15) is 5.75 Å². The van der Waals surface area contributed by atoms with Gasteiger partial charge in [-0.25, -0.2) is 13.1 Å². The van der Waals surface area contributed by atoms with E-state index in [2.05, 4.69) is 4.72 Å². The summed E-state index contributed by atoms with van der Waals surface area (Å²) in [6, 6.07) is 3.27. The van der Waals surface area contributed by atoms with E-state index < -0.39 is 22.2 Å². The summed E-state index contributed by atoms with van der Waals surface area (Å²) < 4.78 is 27.1. The average molecular weight is 300 g/mol. The zero-order valence-electron chi connectivity index (χ0n) is 11.1. The Labute approximate surface area is 118 Å². The largest absolute Gasteiger partial charge is 0.506 e. The third-order valence-electron chi connectivity index (χ3n) is 3.60. The van der Waals surface area contributed by atoms with Crippen LogP contribution in [0.4, 0.5) is 5.69 Å². The van der Waals surface area contributed by atoms with Gasteiger partial charge in [-0.3, -0.25) is 0 Å². The molecule has 0 amide bonds. The van der Waals surface area contributed by atoms with Gasteiger partial charge in [0.2, 0.25) is 10.0 Å². The van der Waals surface area contributed by atoms with Gasteiger partial charge in [-0.15, -0.1) is 0 Å². The second kappa shape index (κ2) is 5.99. The monoisotopic (exact) mass is 300 g/mol. The van der Waals surface area contributed by atoms with Gasteiger partial charge in [0.05, 0.1) is 16.7 Å². The standard InChI is InChI=1S/C13H20N2O4S/c14-10-8-9(6-7-12(10)16)20(18,19)15-11-4-2-1-3-5-13(11)17/h6-8,11,13,15-17H,1-5,14H2. The highest BCUT2D eigenvalue weighted by atomic mass is 32.2. The summed E-state index contributed by atoms with van der Waals surface area (Å²) in [5, 5.41) is 19.3. The van der Waals surface area contributed by atoms with E-state index >= 15 is 0 Å². The number of hydrogen-bond acceptors (Lipinski definition) is 5. The number of hydrogen-bond donors (Lipinski definition) is 4. The molecule has 5 N–H and O–H groups in total. The molecule has 0 bridgehead atoms. The van der Waals surface area contributed by atoms with E-state index in [1.54, 1.807) is 0 Å². The van der Waals surface area contributed by atoms with Gasteiger partial charge in [-0.05, 0) is 31.0 Å². The van der Waals surface area contributed by atoms with Crippen LogP contribution < -0.4 is 10.5 Å². The average Bonchev–Trinajstić information content (AvgIpc) is 2.58. The highest BCUT2D eigenvalue weighted by Crippen LogP contribution is 2.24. The van der Waals surface area contributed by atoms with Crippen LogP contribution in [0.5, 0.6) is 5.75 Å². The predicted octanol–water partition coefficient (Wildman–Crippen LogP) is 0.946. The van der Waals surface area contributed by atoms with Crippen molar-refractivity contribution in [3.05, 3.63) is 18.2 Å². The first-order chi connectivity index (χ1) is 9.40. The van der Waals surface area contributed by atoms with Crippen molar-refractivity contribution in [2.45, 2.75) is 49.1 Å². The molecule has 0 aliphatic heterocycles. The van der Waals surface area contributed by atoms with E-state index in [0.29, 0.717) is 12.8 Å². The Kier molecular flexibility index (Phi) is 4.52. The first-order valence-electron chi connectivity index (χ1n) is 6.69. The molecule has 2 rings (SSSR count). The van der Waals surface area contributed by atoms with Crippen molar-refractivity contribution in [1.82, 2.24) is 4.72 Å². The maximum atomic E-state index is 12.3. The van der Waals surface area contributed by atoms with Crippen LogP contribution in [0, 0.1) is 0 Å². The van der Waals surface area contributed by atoms with Gasteiger partial charge in [0, 0.05) is 6.04 Å². The molecule has 7 heteroatoms. The van der Waals surface area contributed by atoms with Crippen molar-refractivity contribution in [1.29, 1.82) is 0 Å². The lowest BCUT2D eigenvalue weighted by Gasteiger charge is -2.21. The molecule has 2 atom stereocenters. The number of nitrogens with one attached hydrogen (secondary N) is 1. The number of aliphatic hydroxyl groups is 1. The summed E-state index contributed by atoms with van der Waals surface area (Å²) in [6.07, 6.45) is 3.36. The number of benzene rings is 1. The van der Waals surface area contributed by atoms with Crippen LogP contribution in [-0.4, -0.2) is 30.8 Å². The molecule has 112 valence electrons. The van der Waals surface area contributed by atoms with Gasteiger partial charge >= 0.3 is 0 Å². The number of nitrogens with two attached hydrogens (primary N) is 1. The second-order valence-electron chi connectivity index (χ2n) is 5.15. The van der Waals surface area contributed by atoms with E-state index in [9.17, 15) is 18.6 Å². The van der Waals surface area contributed by atoms with Crippen molar-refractivity contribution in [3.63, 3.8) is 0 Å². The number of aliphatic hydroxyl groups excluding tert-OH is 1. The Bertz CT molecular complexity index is 574. The second-order valence-corrected chi connectivity index (χ2v) is 6.87. The number of aromatic hydroxyl groups is 1. The SMILES string of the molecule is Nc1cc(S(=O)(=O)NC2CCCCCC2O)ccc1O. The van der Waals surface area contributed by atoms with E-state index in [0.717, 1.165) is 19.3 Å². The first-order valence-corrected chi connectivity index (χ1v) is 8.17. The molecule has 0 saturated heterocycles. The molecule has 1 saturated carbocycles. The van der Waals surface area contributed by atoms with Gasteiger partial charge in [-0.1, -0.05) is 19.3 Å². The lowest BCUT2D eigenvalue weighted by Crippen LogP contribution is -2.42. The van der Waals surface area contributed by atoms with Crippen molar-refractivity contribution >= 4 is 15.7 Å². The quantitative estimate of drug-likeness (QED) is 0.377. The molecule has 1 aromatic carbocycles. The molecule has 1 aliphatic rings. The number of sulfonamides is 1. The van der Waals surface area contributed by atoms with Crippen LogP contribution in [0.25, 0.3) is 0 Å². The molecule has 0 radical (unpaired) electrons. The third-order valence-corrected chi connectivity index (χ3v) is 5.08. The van der Waals surface area contributed by atoms with Crippen LogP contribution in [0.1, 0.15) is 32.1 Å². The maximum absolute atomic E-state index is 12.3. The minimum atomic E-state index is -3.75. The zero-order chi connectivity index (χ0) is 14.8. The van der Waals surface area contributed by atoms with Crippen molar-refractivity contribution in [2.24, 2.45) is 0 Å². The van der Waals surface area contributed by atoms with Crippen molar-refractivity contribution < 1.29 is 18.6 Å². The Morgan fingerprint density at radius 3 is 2.60 bits per heavy atom. The molecule has 1 aromatic rings. The van der Waals surface area contributed by atoms with E-state index in [1.807, 2.05) is 0 Å². The fourth-order valence-electron chi connectivity index (χ4n) is 2.39. The highest BCUT2D eigenvalue weighted by Gasteiger charge is 2.27. The summed E-state index contributed by atoms with van der Waals surface area (Å²) in [4.78, 5) is -0.00996. The Hall–Kier alpha value is -1.31. The maximum Gasteiger partial charge on any atom is 0.240 e. The van der Waals surface area contributed by atoms with Gasteiger partial charge in [0.15, 0.2) is 0 Å². The lowest BCUT2D eigenvalue weighted by molar-refractivity contribution is 0.130. The van der Waals surface area contributed by atoms with Crippen molar-refractivity contribution in [2.75, 3.05) is 5.73 Å². The Morgan fingerprint density at radius 2 is 1.90 bits per heavy atom. The molecule has 20 heavy (non-hydrogen) atoms. The summed E-state index contributed by atoms with van der Waals surface area (Å²) in [5.74, 6) is -0.154. The van der Waals surface area contributed by atoms with E-state index in [4.69, 9.17) is 5.73 Å². The van der Waals surface area contributed by atoms with Crippen LogP contribution in [-0.2, 0) is 10.0 Å². The minimum Gasteiger partial charge on any atom is -0.506 e. The summed E-state index contributed by atoms with van der Waals surface area (Å²) in [6.45, 7) is 0. The highest BCUT2D eigenvalue weighted by molar-refractivity contribution is 7.89. The topological polar surface area (TPSA) is 113 Å². The third kappa shape index (κ3) is 3.41. The van der Waals surface area contributed by atoms with Gasteiger partial charge in [-0.2, -0.15) is 0 Å². The molecular formula is C13H20N2O4S. The van der Waals surface area contributed by atoms with Gasteiger partial charge < -0.3 is 15.9 Å². The lowest BCUT2D eigenvalue weighted by atomic mass is 10.1. The normalized spacial score (nSPS) is 24.2. The molecule has 1 fully saturated rings. The molecule has 2 unspecified atom stereocenters. The summed E-state index contributed by atoms with van der Waals surface area (Å²) >= 11 is 0. The van der Waals surface area contributed by atoms with Crippen LogP contribution in [0.15, 0.2) is 23.1 Å². The van der Waals surface area contributed by atoms with Crippen molar-refractivity contribution in [3.8, 4) is 5.75 Å².